The van der Waals surface area contributed by atoms with Gasteiger partial charge in [-0.15, -0.1) is 0 Å². The van der Waals surface area contributed by atoms with Gasteiger partial charge in [-0.2, -0.15) is 0 Å². The first kappa shape index (κ1) is 36.1. The van der Waals surface area contributed by atoms with Crippen molar-refractivity contribution in [2.75, 3.05) is 6.61 Å². The average Bonchev–Trinajstić information content (AvgIpc) is 3.05. The molecule has 0 aromatic carbocycles. The molecule has 5 saturated carbocycles. The van der Waals surface area contributed by atoms with Gasteiger partial charge in [0.2, 0.25) is 0 Å². The van der Waals surface area contributed by atoms with Gasteiger partial charge < -0.3 is 24.1 Å². The first-order valence-electron chi connectivity index (χ1n) is 18.0. The van der Waals surface area contributed by atoms with Gasteiger partial charge in [0.05, 0.1) is 5.60 Å². The summed E-state index contributed by atoms with van der Waals surface area (Å²) in [7, 11) is 0. The van der Waals surface area contributed by atoms with Crippen molar-refractivity contribution in [1.82, 2.24) is 0 Å². The predicted molar refractivity (Wildman–Crippen MR) is 175 cm³/mol. The van der Waals surface area contributed by atoms with Crippen LogP contribution in [0.3, 0.4) is 0 Å². The lowest BCUT2D eigenvalue weighted by atomic mass is 9.41. The zero-order valence-electron chi connectivity index (χ0n) is 30.5. The number of fused-ring (bicyclic) bond motifs is 6. The molecule has 266 valence electrons. The second-order valence-electron chi connectivity index (χ2n) is 17.9. The summed E-state index contributed by atoms with van der Waals surface area (Å²) >= 11 is 0. The Bertz CT molecular complexity index is 1280. The van der Waals surface area contributed by atoms with Gasteiger partial charge in [0.15, 0.2) is 0 Å². The minimum atomic E-state index is -0.876. The number of carbonyl (C=O) groups is 4. The van der Waals surface area contributed by atoms with Crippen LogP contribution >= 0.6 is 0 Å². The maximum atomic E-state index is 12.9. The first-order valence-corrected chi connectivity index (χ1v) is 18.0. The summed E-state index contributed by atoms with van der Waals surface area (Å²) in [5.41, 5.74) is -2.40. The second kappa shape index (κ2) is 12.0. The molecule has 0 amide bonds. The molecule has 5 aliphatic carbocycles. The van der Waals surface area contributed by atoms with E-state index in [4.69, 9.17) is 18.9 Å². The highest BCUT2D eigenvalue weighted by Gasteiger charge is 2.69. The van der Waals surface area contributed by atoms with E-state index in [1.165, 1.54) is 27.7 Å². The first-order chi connectivity index (χ1) is 21.6. The summed E-state index contributed by atoms with van der Waals surface area (Å²) < 4.78 is 23.5. The topological polar surface area (TPSA) is 125 Å². The molecule has 5 aliphatic rings. The van der Waals surface area contributed by atoms with E-state index in [-0.39, 0.29) is 64.6 Å². The zero-order valence-corrected chi connectivity index (χ0v) is 30.5. The molecule has 0 aromatic rings. The molecular formula is C38H60O9. The average molecular weight is 661 g/mol. The van der Waals surface area contributed by atoms with E-state index in [2.05, 4.69) is 41.5 Å². The van der Waals surface area contributed by atoms with Gasteiger partial charge in [-0.3, -0.25) is 19.2 Å². The summed E-state index contributed by atoms with van der Waals surface area (Å²) in [6.45, 7) is 19.4. The van der Waals surface area contributed by atoms with Crippen molar-refractivity contribution < 1.29 is 43.2 Å². The molecule has 0 aliphatic heterocycles. The SMILES string of the molecule is CC(=O)OC[C@]1(C)[C@@H]2CC[C@@]3(C)C[C@@]4(O)CC[C@H]5C(C)(C)[C@H](OC(C)=O)[C@H](OC(C)=O)C[C@]5(C)[C@H]4CC[C@@H]3[C@@]2(C)CC[C@H]1OC(C)=O. The van der Waals surface area contributed by atoms with Crippen LogP contribution in [0, 0.1) is 50.7 Å². The van der Waals surface area contributed by atoms with Crippen LogP contribution in [0.1, 0.15) is 133 Å². The van der Waals surface area contributed by atoms with Crippen molar-refractivity contribution in [2.45, 2.75) is 157 Å². The van der Waals surface area contributed by atoms with E-state index in [0.717, 1.165) is 38.5 Å². The molecule has 9 nitrogen and oxygen atoms in total. The van der Waals surface area contributed by atoms with Crippen molar-refractivity contribution in [3.05, 3.63) is 0 Å². The molecule has 47 heavy (non-hydrogen) atoms. The van der Waals surface area contributed by atoms with E-state index in [1.54, 1.807) is 0 Å². The van der Waals surface area contributed by atoms with Crippen molar-refractivity contribution in [3.8, 4) is 0 Å². The smallest absolute Gasteiger partial charge is 0.303 e. The number of hydrogen-bond acceptors (Lipinski definition) is 9. The number of rotatable bonds is 5. The van der Waals surface area contributed by atoms with E-state index in [0.29, 0.717) is 31.6 Å². The minimum absolute atomic E-state index is 0.0151. The van der Waals surface area contributed by atoms with Crippen LogP contribution in [0.25, 0.3) is 0 Å². The van der Waals surface area contributed by atoms with Crippen molar-refractivity contribution >= 4 is 23.9 Å². The molecular weight excluding hydrogens is 600 g/mol. The molecule has 0 radical (unpaired) electrons. The van der Waals surface area contributed by atoms with Crippen LogP contribution in [0.4, 0.5) is 0 Å². The molecule has 5 rings (SSSR count). The number of carbonyl (C=O) groups excluding carboxylic acids is 4. The number of hydrogen-bond donors (Lipinski definition) is 1. The highest BCUT2D eigenvalue weighted by Crippen LogP contribution is 2.72. The Balaban J connectivity index is 1.51. The van der Waals surface area contributed by atoms with Gasteiger partial charge in [-0.05, 0) is 104 Å². The molecule has 9 heteroatoms. The standard InChI is InChI=1S/C38H60O9/c1-22(39)44-21-37(10)29-13-16-34(7)20-38(43)18-14-27-33(5,6)32(47-25(4)42)26(45-23(2)40)19-36(27,9)30(38)12-11-28(34)35(29,8)17-15-31(37)46-24(3)41/h26-32,43H,11-21H2,1-10H3/t26-,27+,28+,29-,30-,31-,32-,34+,35-,36+,37-,38+/m1/s1. The Morgan fingerprint density at radius 2 is 1.23 bits per heavy atom. The third-order valence-electron chi connectivity index (χ3n) is 14.6. The molecule has 1 N–H and O–H groups in total. The van der Waals surface area contributed by atoms with Gasteiger partial charge in [-0.1, -0.05) is 41.5 Å². The zero-order chi connectivity index (χ0) is 35.0. The lowest BCUT2D eigenvalue weighted by molar-refractivity contribution is -0.247. The molecule has 12 atom stereocenters. The third kappa shape index (κ3) is 5.92. The quantitative estimate of drug-likeness (QED) is 0.258. The molecule has 0 spiro atoms. The van der Waals surface area contributed by atoms with E-state index in [1.807, 2.05) is 0 Å². The molecule has 0 saturated heterocycles. The van der Waals surface area contributed by atoms with Crippen molar-refractivity contribution in [2.24, 2.45) is 50.7 Å². The number of ether oxygens (including phenoxy) is 4. The monoisotopic (exact) mass is 660 g/mol. The van der Waals surface area contributed by atoms with Gasteiger partial charge in [-0.25, -0.2) is 0 Å². The van der Waals surface area contributed by atoms with Crippen LogP contribution in [-0.2, 0) is 38.1 Å². The molecule has 0 bridgehead atoms. The Hall–Kier alpha value is -2.16. The number of esters is 4. The Labute approximate surface area is 281 Å². The Morgan fingerprint density at radius 3 is 1.83 bits per heavy atom. The Morgan fingerprint density at radius 1 is 0.638 bits per heavy atom. The van der Waals surface area contributed by atoms with Gasteiger partial charge in [0.25, 0.3) is 0 Å². The van der Waals surface area contributed by atoms with Crippen molar-refractivity contribution in [1.29, 1.82) is 0 Å². The second-order valence-corrected chi connectivity index (χ2v) is 17.9. The maximum Gasteiger partial charge on any atom is 0.303 e. The van der Waals surface area contributed by atoms with Gasteiger partial charge >= 0.3 is 23.9 Å². The minimum Gasteiger partial charge on any atom is -0.465 e. The maximum absolute atomic E-state index is 12.9. The normalized spacial score (nSPS) is 47.0. The Kier molecular flexibility index (Phi) is 9.23. The summed E-state index contributed by atoms with van der Waals surface area (Å²) in [6.07, 6.45) is 6.53. The molecule has 0 aromatic heterocycles. The van der Waals surface area contributed by atoms with Gasteiger partial charge in [0, 0.05) is 38.5 Å². The lowest BCUT2D eigenvalue weighted by Crippen LogP contribution is -2.66. The fraction of sp³-hybridized carbons (Fsp3) is 0.895. The van der Waals surface area contributed by atoms with E-state index < -0.39 is 34.6 Å². The fourth-order valence-electron chi connectivity index (χ4n) is 13.2. The van der Waals surface area contributed by atoms with Crippen LogP contribution in [0.15, 0.2) is 0 Å². The third-order valence-corrected chi connectivity index (χ3v) is 14.6. The molecule has 0 heterocycles. The van der Waals surface area contributed by atoms with Crippen molar-refractivity contribution in [3.63, 3.8) is 0 Å². The lowest BCUT2D eigenvalue weighted by Gasteiger charge is -2.65. The van der Waals surface area contributed by atoms with Crippen LogP contribution < -0.4 is 0 Å². The molecule has 0 unspecified atom stereocenters. The van der Waals surface area contributed by atoms with Gasteiger partial charge in [0.1, 0.15) is 24.9 Å². The summed E-state index contributed by atoms with van der Waals surface area (Å²) in [5, 5.41) is 12.9. The fourth-order valence-corrected chi connectivity index (χ4v) is 13.2. The summed E-state index contributed by atoms with van der Waals surface area (Å²) in [6, 6.07) is 0. The highest BCUT2D eigenvalue weighted by molar-refractivity contribution is 5.68. The highest BCUT2D eigenvalue weighted by atomic mass is 16.6. The van der Waals surface area contributed by atoms with Crippen LogP contribution in [0.2, 0.25) is 0 Å². The summed E-state index contributed by atoms with van der Waals surface area (Å²) in [4.78, 5) is 48.9. The number of aliphatic hydroxyl groups is 1. The van der Waals surface area contributed by atoms with E-state index >= 15 is 0 Å². The predicted octanol–water partition coefficient (Wildman–Crippen LogP) is 6.56. The summed E-state index contributed by atoms with van der Waals surface area (Å²) in [5.74, 6) is -0.772. The van der Waals surface area contributed by atoms with Crippen LogP contribution in [0.5, 0.6) is 0 Å². The van der Waals surface area contributed by atoms with Crippen LogP contribution in [-0.4, -0.2) is 59.5 Å². The molecule has 5 fully saturated rings. The van der Waals surface area contributed by atoms with E-state index in [9.17, 15) is 24.3 Å². The largest absolute Gasteiger partial charge is 0.465 e.